The van der Waals surface area contributed by atoms with Crippen LogP contribution in [0.4, 0.5) is 29.1 Å². The van der Waals surface area contributed by atoms with Gasteiger partial charge in [-0.05, 0) is 19.1 Å². The highest BCUT2D eigenvalue weighted by molar-refractivity contribution is 7.92. The van der Waals surface area contributed by atoms with E-state index >= 15 is 0 Å². The van der Waals surface area contributed by atoms with E-state index in [-0.39, 0.29) is 6.04 Å². The van der Waals surface area contributed by atoms with E-state index in [1.54, 1.807) is 36.9 Å². The van der Waals surface area contributed by atoms with Crippen LogP contribution in [0.2, 0.25) is 0 Å². The van der Waals surface area contributed by atoms with E-state index in [1.165, 1.54) is 0 Å². The zero-order valence-corrected chi connectivity index (χ0v) is 15.9. The monoisotopic (exact) mass is 377 g/mol. The second-order valence-corrected chi connectivity index (χ2v) is 8.90. The SMILES string of the molecule is C[C@@H]1COCCN1c1cc(N=S(C)(C)=O)nc(Nc2cccnc2N)n1. The molecule has 0 amide bonds. The van der Waals surface area contributed by atoms with Crippen molar-refractivity contribution < 1.29 is 8.95 Å². The molecule has 2 aromatic heterocycles. The first kappa shape index (κ1) is 18.3. The number of pyridine rings is 1. The van der Waals surface area contributed by atoms with Crippen molar-refractivity contribution in [2.75, 3.05) is 48.2 Å². The van der Waals surface area contributed by atoms with Gasteiger partial charge in [-0.25, -0.2) is 9.19 Å². The van der Waals surface area contributed by atoms with Gasteiger partial charge < -0.3 is 20.7 Å². The number of nitrogens with one attached hydrogen (secondary N) is 1. The summed E-state index contributed by atoms with van der Waals surface area (Å²) in [7, 11) is -2.36. The number of rotatable bonds is 4. The van der Waals surface area contributed by atoms with Crippen LogP contribution in [0.3, 0.4) is 0 Å². The third-order valence-corrected chi connectivity index (χ3v) is 4.39. The highest BCUT2D eigenvalue weighted by Gasteiger charge is 2.22. The molecule has 9 nitrogen and oxygen atoms in total. The van der Waals surface area contributed by atoms with E-state index in [2.05, 4.69) is 36.5 Å². The lowest BCUT2D eigenvalue weighted by Crippen LogP contribution is -2.44. The lowest BCUT2D eigenvalue weighted by atomic mass is 10.2. The van der Waals surface area contributed by atoms with Crippen LogP contribution >= 0.6 is 0 Å². The van der Waals surface area contributed by atoms with Gasteiger partial charge in [0.05, 0.1) is 24.9 Å². The van der Waals surface area contributed by atoms with Gasteiger partial charge in [-0.15, -0.1) is 0 Å². The summed E-state index contributed by atoms with van der Waals surface area (Å²) in [6.45, 7) is 4.01. The maximum atomic E-state index is 12.1. The predicted molar refractivity (Wildman–Crippen MR) is 104 cm³/mol. The molecule has 0 aromatic carbocycles. The van der Waals surface area contributed by atoms with Crippen LogP contribution < -0.4 is 16.0 Å². The fraction of sp³-hybridized carbons (Fsp3) is 0.438. The van der Waals surface area contributed by atoms with E-state index in [9.17, 15) is 4.21 Å². The lowest BCUT2D eigenvalue weighted by molar-refractivity contribution is 0.0985. The van der Waals surface area contributed by atoms with Gasteiger partial charge in [0, 0.05) is 41.0 Å². The van der Waals surface area contributed by atoms with E-state index in [0.717, 1.165) is 0 Å². The van der Waals surface area contributed by atoms with Crippen LogP contribution in [0, 0.1) is 0 Å². The Kier molecular flexibility index (Phi) is 5.23. The molecule has 10 heteroatoms. The lowest BCUT2D eigenvalue weighted by Gasteiger charge is -2.34. The Morgan fingerprint density at radius 2 is 2.23 bits per heavy atom. The zero-order chi connectivity index (χ0) is 18.7. The molecular weight excluding hydrogens is 354 g/mol. The molecule has 1 aliphatic heterocycles. The van der Waals surface area contributed by atoms with Crippen molar-refractivity contribution >= 4 is 38.8 Å². The topological polar surface area (TPSA) is 119 Å². The Balaban J connectivity index is 2.03. The van der Waals surface area contributed by atoms with Crippen molar-refractivity contribution in [3.05, 3.63) is 24.4 Å². The molecule has 0 spiro atoms. The fourth-order valence-corrected chi connectivity index (χ4v) is 3.15. The number of morpholine rings is 1. The average molecular weight is 377 g/mol. The third kappa shape index (κ3) is 4.58. The Bertz CT molecular complexity index is 903. The van der Waals surface area contributed by atoms with E-state index < -0.39 is 9.73 Å². The van der Waals surface area contributed by atoms with Gasteiger partial charge in [-0.1, -0.05) is 0 Å². The molecule has 1 fully saturated rings. The quantitative estimate of drug-likeness (QED) is 0.828. The Labute approximate surface area is 153 Å². The van der Waals surface area contributed by atoms with E-state index in [1.807, 2.05) is 0 Å². The summed E-state index contributed by atoms with van der Waals surface area (Å²) >= 11 is 0. The third-order valence-electron chi connectivity index (χ3n) is 3.76. The van der Waals surface area contributed by atoms with Gasteiger partial charge in [-0.2, -0.15) is 14.3 Å². The molecule has 0 bridgehead atoms. The number of hydrogen-bond donors (Lipinski definition) is 2. The maximum absolute atomic E-state index is 12.1. The molecule has 1 aliphatic rings. The van der Waals surface area contributed by atoms with Crippen LogP contribution in [0.15, 0.2) is 28.8 Å². The van der Waals surface area contributed by atoms with Gasteiger partial charge in [0.2, 0.25) is 5.95 Å². The van der Waals surface area contributed by atoms with Crippen LogP contribution in [0.25, 0.3) is 0 Å². The molecule has 1 atom stereocenters. The number of aromatic nitrogens is 3. The second kappa shape index (κ2) is 7.42. The molecular formula is C16H23N7O2S. The van der Waals surface area contributed by atoms with Crippen molar-refractivity contribution in [3.8, 4) is 0 Å². The van der Waals surface area contributed by atoms with Crippen molar-refractivity contribution in [2.24, 2.45) is 4.36 Å². The first-order valence-corrected chi connectivity index (χ1v) is 10.5. The fourth-order valence-electron chi connectivity index (χ4n) is 2.61. The Hall–Kier alpha value is -2.46. The summed E-state index contributed by atoms with van der Waals surface area (Å²) in [5.41, 5.74) is 6.48. The number of hydrogen-bond acceptors (Lipinski definition) is 9. The molecule has 26 heavy (non-hydrogen) atoms. The average Bonchev–Trinajstić information content (AvgIpc) is 2.55. The number of ether oxygens (including phenoxy) is 1. The first-order valence-electron chi connectivity index (χ1n) is 8.20. The summed E-state index contributed by atoms with van der Waals surface area (Å²) in [5, 5.41) is 3.07. The van der Waals surface area contributed by atoms with Crippen LogP contribution in [0.5, 0.6) is 0 Å². The van der Waals surface area contributed by atoms with Crippen LogP contribution in [-0.2, 0) is 14.5 Å². The first-order chi connectivity index (χ1) is 12.3. The molecule has 0 radical (unpaired) electrons. The van der Waals surface area contributed by atoms with Crippen molar-refractivity contribution in [3.63, 3.8) is 0 Å². The van der Waals surface area contributed by atoms with Crippen molar-refractivity contribution in [1.82, 2.24) is 15.0 Å². The molecule has 0 saturated carbocycles. The van der Waals surface area contributed by atoms with Crippen LogP contribution in [0.1, 0.15) is 6.92 Å². The number of anilines is 4. The summed E-state index contributed by atoms with van der Waals surface area (Å²) in [6.07, 6.45) is 4.74. The Morgan fingerprint density at radius 1 is 1.42 bits per heavy atom. The molecule has 3 N–H and O–H groups in total. The summed E-state index contributed by atoms with van der Waals surface area (Å²) in [5.74, 6) is 1.72. The molecule has 3 heterocycles. The minimum atomic E-state index is -2.36. The highest BCUT2D eigenvalue weighted by Crippen LogP contribution is 2.26. The largest absolute Gasteiger partial charge is 0.382 e. The molecule has 140 valence electrons. The van der Waals surface area contributed by atoms with Gasteiger partial charge in [0.1, 0.15) is 11.6 Å². The summed E-state index contributed by atoms with van der Waals surface area (Å²) < 4.78 is 21.8. The molecule has 2 aromatic rings. The predicted octanol–water partition coefficient (Wildman–Crippen LogP) is 1.78. The standard InChI is InChI=1S/C16H23N7O2S/c1-11-10-25-8-7-23(11)14-9-13(22-26(2,3)24)20-16(21-14)19-12-5-4-6-18-15(12)17/h4-6,9,11H,7-8,10H2,1-3H3,(H2,17,18)(H,19,20,21)/t11-/m1/s1. The highest BCUT2D eigenvalue weighted by atomic mass is 32.2. The number of nitrogens with zero attached hydrogens (tertiary/aromatic N) is 5. The van der Waals surface area contributed by atoms with Gasteiger partial charge >= 0.3 is 0 Å². The van der Waals surface area contributed by atoms with Gasteiger partial charge in [-0.3, -0.25) is 0 Å². The molecule has 1 saturated heterocycles. The minimum Gasteiger partial charge on any atom is -0.382 e. The molecule has 0 aliphatic carbocycles. The van der Waals surface area contributed by atoms with Crippen molar-refractivity contribution in [2.45, 2.75) is 13.0 Å². The summed E-state index contributed by atoms with van der Waals surface area (Å²) in [6, 6.07) is 5.46. The molecule has 3 rings (SSSR count). The second-order valence-electron chi connectivity index (χ2n) is 6.36. The smallest absolute Gasteiger partial charge is 0.231 e. The summed E-state index contributed by atoms with van der Waals surface area (Å²) in [4.78, 5) is 15.1. The van der Waals surface area contributed by atoms with E-state index in [4.69, 9.17) is 10.5 Å². The van der Waals surface area contributed by atoms with Gasteiger partial charge in [0.15, 0.2) is 5.82 Å². The number of nitrogen functional groups attached to an aromatic ring is 1. The molecule has 0 unspecified atom stereocenters. The van der Waals surface area contributed by atoms with Crippen LogP contribution in [-0.4, -0.2) is 57.5 Å². The normalized spacial score (nSPS) is 17.8. The van der Waals surface area contributed by atoms with Crippen molar-refractivity contribution in [1.29, 1.82) is 0 Å². The van der Waals surface area contributed by atoms with Gasteiger partial charge in [0.25, 0.3) is 0 Å². The minimum absolute atomic E-state index is 0.162. The Morgan fingerprint density at radius 3 is 2.92 bits per heavy atom. The maximum Gasteiger partial charge on any atom is 0.231 e. The van der Waals surface area contributed by atoms with E-state index in [0.29, 0.717) is 48.8 Å². The zero-order valence-electron chi connectivity index (χ0n) is 15.0. The number of nitrogens with two attached hydrogens (primary N) is 1.